The summed E-state index contributed by atoms with van der Waals surface area (Å²) in [6, 6.07) is 5.56. The van der Waals surface area contributed by atoms with E-state index < -0.39 is 70.4 Å². The summed E-state index contributed by atoms with van der Waals surface area (Å²) in [6.07, 6.45) is -8.35. The molecule has 40 heavy (non-hydrogen) atoms. The maximum Gasteiger partial charge on any atom is 0.446 e. The van der Waals surface area contributed by atoms with Crippen LogP contribution in [0.25, 0.3) is 33.3 Å². The van der Waals surface area contributed by atoms with E-state index in [0.29, 0.717) is 0 Å². The second-order valence-corrected chi connectivity index (χ2v) is 10.0. The number of rotatable bonds is 6. The molecule has 7 N–H and O–H groups in total. The molecule has 0 spiro atoms. The van der Waals surface area contributed by atoms with Gasteiger partial charge >= 0.3 is 10.4 Å². The Morgan fingerprint density at radius 3 is 2.12 bits per heavy atom. The summed E-state index contributed by atoms with van der Waals surface area (Å²) in [5, 5.41) is 61.7. The van der Waals surface area contributed by atoms with Crippen molar-refractivity contribution in [3.05, 3.63) is 46.3 Å². The zero-order valence-electron chi connectivity index (χ0n) is 20.3. The van der Waals surface area contributed by atoms with Crippen molar-refractivity contribution in [2.45, 2.75) is 37.6 Å². The van der Waals surface area contributed by atoms with E-state index in [9.17, 15) is 43.9 Å². The summed E-state index contributed by atoms with van der Waals surface area (Å²) in [6.45, 7) is 0.819. The number of aliphatic hydroxyl groups is 4. The highest BCUT2D eigenvalue weighted by molar-refractivity contribution is 7.81. The van der Waals surface area contributed by atoms with Crippen LogP contribution in [0.1, 0.15) is 5.76 Å². The summed E-state index contributed by atoms with van der Waals surface area (Å²) < 4.78 is 58.4. The molecule has 3 heterocycles. The standard InChI is InChI=1S/C24H22O15S/c1-8-2-11-17-14(35-8)5-10(26)6-15(17)36-21(9-3-12(27)23(13(28)4-9)39-40(32,33)34)22(11)38-24-20(31)19(30)18(29)16(7-25)37-24/h2-6,16,18-20,24-25,27-31H,7H2,1H3,(H,32,33,34). The van der Waals surface area contributed by atoms with Crippen LogP contribution in [-0.2, 0) is 15.1 Å². The molecule has 4 aromatic rings. The van der Waals surface area contributed by atoms with Crippen LogP contribution in [0.5, 0.6) is 23.0 Å². The molecular weight excluding hydrogens is 560 g/mol. The van der Waals surface area contributed by atoms with Crippen LogP contribution in [0.2, 0.25) is 0 Å². The van der Waals surface area contributed by atoms with Crippen molar-refractivity contribution < 1.29 is 66.1 Å². The molecule has 5 rings (SSSR count). The number of benzene rings is 2. The van der Waals surface area contributed by atoms with E-state index in [1.807, 2.05) is 0 Å². The number of phenols is 2. The van der Waals surface area contributed by atoms with Crippen molar-refractivity contribution in [1.29, 1.82) is 0 Å². The Morgan fingerprint density at radius 1 is 0.900 bits per heavy atom. The lowest BCUT2D eigenvalue weighted by Crippen LogP contribution is -2.60. The van der Waals surface area contributed by atoms with E-state index >= 15 is 0 Å². The number of phenolic OH excluding ortho intramolecular Hbond substituents is 2. The minimum absolute atomic E-state index is 0.0327. The van der Waals surface area contributed by atoms with Crippen LogP contribution in [-0.4, -0.2) is 80.9 Å². The van der Waals surface area contributed by atoms with Gasteiger partial charge in [-0.2, -0.15) is 8.42 Å². The largest absolute Gasteiger partial charge is 0.504 e. The summed E-state index contributed by atoms with van der Waals surface area (Å²) >= 11 is 0. The minimum Gasteiger partial charge on any atom is -0.504 e. The molecule has 5 atom stereocenters. The maximum absolute atomic E-state index is 12.3. The van der Waals surface area contributed by atoms with Gasteiger partial charge in [0, 0.05) is 23.1 Å². The van der Waals surface area contributed by atoms with Crippen molar-refractivity contribution in [2.75, 3.05) is 6.61 Å². The first-order chi connectivity index (χ1) is 18.8. The number of aliphatic hydroxyl groups excluding tert-OH is 4. The van der Waals surface area contributed by atoms with Crippen LogP contribution in [0.15, 0.2) is 44.0 Å². The Kier molecular flexibility index (Phi) is 6.87. The van der Waals surface area contributed by atoms with Crippen LogP contribution in [0, 0.1) is 6.92 Å². The van der Waals surface area contributed by atoms with E-state index in [1.165, 1.54) is 12.1 Å². The lowest BCUT2D eigenvalue weighted by atomic mass is 9.99. The van der Waals surface area contributed by atoms with Crippen molar-refractivity contribution in [1.82, 2.24) is 0 Å². The van der Waals surface area contributed by atoms with Gasteiger partial charge in [0.1, 0.15) is 41.3 Å². The molecule has 2 aromatic carbocycles. The predicted molar refractivity (Wildman–Crippen MR) is 132 cm³/mol. The van der Waals surface area contributed by atoms with Crippen LogP contribution in [0.4, 0.5) is 0 Å². The van der Waals surface area contributed by atoms with Crippen molar-refractivity contribution in [2.24, 2.45) is 0 Å². The average molecular weight is 582 g/mol. The monoisotopic (exact) mass is 582 g/mol. The Bertz CT molecular complexity index is 1750. The number of aryl methyl sites for hydroxylation is 1. The van der Waals surface area contributed by atoms with E-state index in [0.717, 1.165) is 18.2 Å². The fraction of sp³-hybridized carbons (Fsp3) is 0.292. The summed E-state index contributed by atoms with van der Waals surface area (Å²) in [4.78, 5) is 12.3. The molecule has 15 nitrogen and oxygen atoms in total. The fourth-order valence-corrected chi connectivity index (χ4v) is 4.82. The van der Waals surface area contributed by atoms with Crippen molar-refractivity contribution in [3.8, 4) is 34.3 Å². The van der Waals surface area contributed by atoms with Crippen LogP contribution < -0.4 is 14.3 Å². The van der Waals surface area contributed by atoms with Gasteiger partial charge < -0.3 is 53.1 Å². The second-order valence-electron chi connectivity index (χ2n) is 9.00. The molecule has 0 radical (unpaired) electrons. The lowest BCUT2D eigenvalue weighted by molar-refractivity contribution is -0.277. The maximum atomic E-state index is 12.3. The van der Waals surface area contributed by atoms with E-state index in [-0.39, 0.29) is 44.8 Å². The van der Waals surface area contributed by atoms with Crippen molar-refractivity contribution in [3.63, 3.8) is 0 Å². The quantitative estimate of drug-likeness (QED) is 0.151. The van der Waals surface area contributed by atoms with Gasteiger partial charge in [0.25, 0.3) is 0 Å². The molecule has 0 saturated carbocycles. The number of hydrogen-bond donors (Lipinski definition) is 7. The summed E-state index contributed by atoms with van der Waals surface area (Å²) in [5.41, 5.74) is -0.613. The van der Waals surface area contributed by atoms with Gasteiger partial charge in [0.05, 0.1) is 12.0 Å². The summed E-state index contributed by atoms with van der Waals surface area (Å²) in [7, 11) is -5.13. The topological polar surface area (TPSA) is 247 Å². The first kappa shape index (κ1) is 27.7. The normalized spacial score (nSPS) is 23.5. The van der Waals surface area contributed by atoms with Gasteiger partial charge in [-0.25, -0.2) is 0 Å². The predicted octanol–water partition coefficient (Wildman–Crippen LogP) is 0.286. The van der Waals surface area contributed by atoms with Crippen molar-refractivity contribution >= 4 is 32.3 Å². The second kappa shape index (κ2) is 9.93. The molecule has 1 fully saturated rings. The Balaban J connectivity index is 1.77. The number of hydrogen-bond acceptors (Lipinski definition) is 14. The molecular formula is C24H22O15S. The average Bonchev–Trinajstić information content (AvgIpc) is 2.86. The van der Waals surface area contributed by atoms with Gasteiger partial charge in [-0.3, -0.25) is 9.35 Å². The van der Waals surface area contributed by atoms with Gasteiger partial charge in [0.15, 0.2) is 28.4 Å². The van der Waals surface area contributed by atoms with Gasteiger partial charge in [-0.15, -0.1) is 0 Å². The molecule has 1 saturated heterocycles. The molecule has 0 amide bonds. The molecule has 0 bridgehead atoms. The Labute approximate surface area is 223 Å². The third-order valence-corrected chi connectivity index (χ3v) is 6.55. The van der Waals surface area contributed by atoms with E-state index in [4.69, 9.17) is 22.9 Å². The highest BCUT2D eigenvalue weighted by Crippen LogP contribution is 2.47. The lowest BCUT2D eigenvalue weighted by Gasteiger charge is -2.39. The van der Waals surface area contributed by atoms with E-state index in [1.54, 1.807) is 6.92 Å². The van der Waals surface area contributed by atoms with Gasteiger partial charge in [-0.05, 0) is 25.1 Å². The molecule has 2 aromatic heterocycles. The number of ether oxygens (including phenoxy) is 2. The smallest absolute Gasteiger partial charge is 0.446 e. The molecule has 214 valence electrons. The summed E-state index contributed by atoms with van der Waals surface area (Å²) in [5.74, 6) is -3.16. The van der Waals surface area contributed by atoms with Crippen LogP contribution in [0.3, 0.4) is 0 Å². The van der Waals surface area contributed by atoms with Gasteiger partial charge in [0.2, 0.25) is 12.0 Å². The number of aromatic hydroxyl groups is 2. The fourth-order valence-electron chi connectivity index (χ4n) is 4.44. The van der Waals surface area contributed by atoms with E-state index in [2.05, 4.69) is 4.18 Å². The first-order valence-corrected chi connectivity index (χ1v) is 12.9. The molecule has 5 unspecified atom stereocenters. The zero-order chi connectivity index (χ0) is 29.1. The SMILES string of the molecule is Cc1cc2c(OC3OC(CO)C(O)C(O)C3O)c(-c3cc(O)c(OS(=O)(=O)O)c(O)c3)oc3cc(=O)cc(o1)c32. The first-order valence-electron chi connectivity index (χ1n) is 11.5. The molecule has 16 heteroatoms. The molecule has 1 aliphatic heterocycles. The highest BCUT2D eigenvalue weighted by atomic mass is 32.3. The molecule has 1 aliphatic rings. The zero-order valence-corrected chi connectivity index (χ0v) is 21.1. The van der Waals surface area contributed by atoms with Crippen LogP contribution >= 0.6 is 0 Å². The minimum atomic E-state index is -5.13. The Morgan fingerprint density at radius 2 is 1.52 bits per heavy atom. The highest BCUT2D eigenvalue weighted by Gasteiger charge is 2.45. The third kappa shape index (κ3) is 4.92. The van der Waals surface area contributed by atoms with Gasteiger partial charge in [-0.1, -0.05) is 0 Å². The molecule has 0 aliphatic carbocycles. The Hall–Kier alpha value is -3.90. The third-order valence-electron chi connectivity index (χ3n) is 6.17.